The van der Waals surface area contributed by atoms with Gasteiger partial charge in [-0.2, -0.15) is 5.10 Å². The van der Waals surface area contributed by atoms with Crippen LogP contribution in [-0.2, 0) is 11.3 Å². The largest absolute Gasteiger partial charge is 0.504 e. The molecule has 2 aromatic heterocycles. The first-order chi connectivity index (χ1) is 16.0. The van der Waals surface area contributed by atoms with Crippen LogP contribution in [0.2, 0.25) is 5.02 Å². The van der Waals surface area contributed by atoms with Gasteiger partial charge in [0.25, 0.3) is 5.91 Å². The number of carbonyl (C=O) groups excluding carboxylic acids is 1. The summed E-state index contributed by atoms with van der Waals surface area (Å²) in [7, 11) is 1.46. The smallest absolute Gasteiger partial charge is 0.260 e. The molecule has 5 aromatic rings. The molecule has 0 aliphatic heterocycles. The summed E-state index contributed by atoms with van der Waals surface area (Å²) in [6, 6.07) is 17.8. The topological polar surface area (TPSA) is 102 Å². The first-order valence-corrected chi connectivity index (χ1v) is 10.4. The Bertz CT molecular complexity index is 1560. The maximum absolute atomic E-state index is 12.7. The van der Waals surface area contributed by atoms with E-state index in [2.05, 4.69) is 10.5 Å². The van der Waals surface area contributed by atoms with Crippen LogP contribution in [0.25, 0.3) is 33.1 Å². The van der Waals surface area contributed by atoms with Gasteiger partial charge in [-0.15, -0.1) is 0 Å². The van der Waals surface area contributed by atoms with Crippen molar-refractivity contribution in [2.75, 3.05) is 7.11 Å². The van der Waals surface area contributed by atoms with E-state index >= 15 is 0 Å². The molecule has 0 aliphatic carbocycles. The molecule has 0 saturated heterocycles. The molecule has 0 spiro atoms. The van der Waals surface area contributed by atoms with Gasteiger partial charge < -0.3 is 14.4 Å². The molecule has 0 saturated carbocycles. The quantitative estimate of drug-likeness (QED) is 0.302. The molecule has 2 N–H and O–H groups in total. The number of phenols is 1. The second kappa shape index (κ2) is 8.40. The molecule has 8 nitrogen and oxygen atoms in total. The third-order valence-corrected chi connectivity index (χ3v) is 5.46. The molecular weight excluding hydrogens is 442 g/mol. The van der Waals surface area contributed by atoms with E-state index in [4.69, 9.17) is 26.3 Å². The van der Waals surface area contributed by atoms with Crippen LogP contribution in [0.4, 0.5) is 0 Å². The number of amides is 1. The van der Waals surface area contributed by atoms with Crippen molar-refractivity contribution in [1.82, 2.24) is 20.0 Å². The molecule has 33 heavy (non-hydrogen) atoms. The molecular formula is C24H18ClN5O3. The van der Waals surface area contributed by atoms with Crippen LogP contribution in [0, 0.1) is 0 Å². The number of nitrogens with one attached hydrogen (secondary N) is 1. The second-order valence-electron chi connectivity index (χ2n) is 7.36. The van der Waals surface area contributed by atoms with Gasteiger partial charge in [-0.1, -0.05) is 29.8 Å². The van der Waals surface area contributed by atoms with Gasteiger partial charge in [0.2, 0.25) is 0 Å². The summed E-state index contributed by atoms with van der Waals surface area (Å²) < 4.78 is 6.90. The van der Waals surface area contributed by atoms with Crippen LogP contribution in [0.5, 0.6) is 11.5 Å². The third kappa shape index (κ3) is 3.92. The number of fused-ring (bicyclic) bond motifs is 4. The number of rotatable bonds is 5. The number of phenolic OH excluding ortho intramolecular Hbond substituents is 1. The highest BCUT2D eigenvalue weighted by atomic mass is 35.5. The molecule has 0 fully saturated rings. The Morgan fingerprint density at radius 2 is 2.00 bits per heavy atom. The predicted molar refractivity (Wildman–Crippen MR) is 128 cm³/mol. The summed E-state index contributed by atoms with van der Waals surface area (Å²) in [5.74, 6) is 0.0289. The summed E-state index contributed by atoms with van der Waals surface area (Å²) in [4.78, 5) is 22.2. The van der Waals surface area contributed by atoms with Gasteiger partial charge in [0.05, 0.1) is 29.9 Å². The number of hydrazone groups is 1. The van der Waals surface area contributed by atoms with Gasteiger partial charge in [-0.25, -0.2) is 15.4 Å². The lowest BCUT2D eigenvalue weighted by atomic mass is 10.2. The van der Waals surface area contributed by atoms with Crippen LogP contribution in [-0.4, -0.2) is 38.9 Å². The molecule has 0 aliphatic rings. The summed E-state index contributed by atoms with van der Waals surface area (Å²) in [6.45, 7) is 0.00796. The second-order valence-corrected chi connectivity index (χ2v) is 7.79. The van der Waals surface area contributed by atoms with E-state index in [1.807, 2.05) is 34.9 Å². The van der Waals surface area contributed by atoms with Gasteiger partial charge in [0.15, 0.2) is 17.1 Å². The summed E-state index contributed by atoms with van der Waals surface area (Å²) >= 11 is 6.12. The Morgan fingerprint density at radius 3 is 2.85 bits per heavy atom. The average Bonchev–Trinajstić information content (AvgIpc) is 3.11. The van der Waals surface area contributed by atoms with Crippen LogP contribution >= 0.6 is 11.6 Å². The molecule has 0 bridgehead atoms. The number of benzene rings is 3. The average molecular weight is 460 g/mol. The van der Waals surface area contributed by atoms with Crippen molar-refractivity contribution in [2.24, 2.45) is 5.10 Å². The van der Waals surface area contributed by atoms with E-state index in [-0.39, 0.29) is 18.2 Å². The number of nitrogens with zero attached hydrogens (tertiary/aromatic N) is 4. The molecule has 3 aromatic carbocycles. The predicted octanol–water partition coefficient (Wildman–Crippen LogP) is 4.26. The minimum Gasteiger partial charge on any atom is -0.504 e. The molecule has 9 heteroatoms. The fourth-order valence-electron chi connectivity index (χ4n) is 3.70. The normalized spacial score (nSPS) is 11.6. The molecule has 0 atom stereocenters. The van der Waals surface area contributed by atoms with Crippen LogP contribution in [0.1, 0.15) is 5.56 Å². The first-order valence-electron chi connectivity index (χ1n) is 10.1. The fourth-order valence-corrected chi connectivity index (χ4v) is 3.87. The zero-order valence-electron chi connectivity index (χ0n) is 17.5. The van der Waals surface area contributed by atoms with E-state index in [1.165, 1.54) is 19.4 Å². The van der Waals surface area contributed by atoms with E-state index in [0.717, 1.165) is 10.9 Å². The lowest BCUT2D eigenvalue weighted by Gasteiger charge is -2.06. The number of ether oxygens (including phenoxy) is 1. The molecule has 164 valence electrons. The Hall–Kier alpha value is -4.17. The summed E-state index contributed by atoms with van der Waals surface area (Å²) in [5.41, 5.74) is 6.73. The number of aromatic nitrogens is 3. The Kier molecular flexibility index (Phi) is 5.27. The Morgan fingerprint density at radius 1 is 1.15 bits per heavy atom. The molecule has 2 heterocycles. The van der Waals surface area contributed by atoms with Crippen molar-refractivity contribution < 1.29 is 14.6 Å². The number of para-hydroxylation sites is 1. The van der Waals surface area contributed by atoms with E-state index in [9.17, 15) is 9.90 Å². The minimum absolute atomic E-state index is 0.00796. The standard InChI is InChI=1S/C24H18ClN5O3/c1-33-21-10-14(6-9-20(21)31)12-26-29-22(32)13-30-19-5-3-2-4-16(19)23-24(30)28-17-8-7-15(25)11-18(17)27-23/h2-12,31H,13H2,1H3,(H,29,32)/b26-12+. The van der Waals surface area contributed by atoms with E-state index < -0.39 is 0 Å². The van der Waals surface area contributed by atoms with Gasteiger partial charge in [-0.3, -0.25) is 4.79 Å². The monoisotopic (exact) mass is 459 g/mol. The first kappa shape index (κ1) is 20.7. The van der Waals surface area contributed by atoms with E-state index in [0.29, 0.717) is 38.5 Å². The minimum atomic E-state index is -0.322. The number of hydrogen-bond acceptors (Lipinski definition) is 6. The Balaban J connectivity index is 1.46. The van der Waals surface area contributed by atoms with Crippen molar-refractivity contribution in [3.63, 3.8) is 0 Å². The highest BCUT2D eigenvalue weighted by Crippen LogP contribution is 2.29. The third-order valence-electron chi connectivity index (χ3n) is 5.22. The SMILES string of the molecule is COc1cc(/C=N/NC(=O)Cn2c3ccccc3c3nc4cc(Cl)ccc4nc32)ccc1O. The maximum atomic E-state index is 12.7. The molecule has 1 amide bonds. The zero-order valence-corrected chi connectivity index (χ0v) is 18.2. The number of methoxy groups -OCH3 is 1. The lowest BCUT2D eigenvalue weighted by Crippen LogP contribution is -2.23. The van der Waals surface area contributed by atoms with Crippen molar-refractivity contribution in [2.45, 2.75) is 6.54 Å². The lowest BCUT2D eigenvalue weighted by molar-refractivity contribution is -0.121. The number of aromatic hydroxyl groups is 1. The summed E-state index contributed by atoms with van der Waals surface area (Å²) in [5, 5.41) is 15.2. The molecule has 5 rings (SSSR count). The highest BCUT2D eigenvalue weighted by Gasteiger charge is 2.16. The molecule has 0 unspecified atom stereocenters. The maximum Gasteiger partial charge on any atom is 0.260 e. The zero-order chi connectivity index (χ0) is 22.9. The van der Waals surface area contributed by atoms with Crippen LogP contribution < -0.4 is 10.2 Å². The van der Waals surface area contributed by atoms with Gasteiger partial charge >= 0.3 is 0 Å². The highest BCUT2D eigenvalue weighted by molar-refractivity contribution is 6.31. The van der Waals surface area contributed by atoms with Crippen molar-refractivity contribution in [3.05, 3.63) is 71.2 Å². The van der Waals surface area contributed by atoms with Gasteiger partial charge in [0.1, 0.15) is 12.1 Å². The van der Waals surface area contributed by atoms with Gasteiger partial charge in [-0.05, 0) is 48.0 Å². The van der Waals surface area contributed by atoms with Crippen molar-refractivity contribution in [3.8, 4) is 11.5 Å². The van der Waals surface area contributed by atoms with E-state index in [1.54, 1.807) is 24.3 Å². The number of halogens is 1. The summed E-state index contributed by atoms with van der Waals surface area (Å²) in [6.07, 6.45) is 1.47. The van der Waals surface area contributed by atoms with Gasteiger partial charge in [0, 0.05) is 10.4 Å². The number of carbonyl (C=O) groups is 1. The number of hydrogen-bond donors (Lipinski definition) is 2. The van der Waals surface area contributed by atoms with Crippen LogP contribution in [0.15, 0.2) is 65.8 Å². The molecule has 0 radical (unpaired) electrons. The van der Waals surface area contributed by atoms with Crippen molar-refractivity contribution >= 4 is 56.8 Å². The fraction of sp³-hybridized carbons (Fsp3) is 0.0833. The van der Waals surface area contributed by atoms with Crippen molar-refractivity contribution in [1.29, 1.82) is 0 Å². The van der Waals surface area contributed by atoms with Crippen LogP contribution in [0.3, 0.4) is 0 Å². The Labute approximate surface area is 193 Å².